The predicted molar refractivity (Wildman–Crippen MR) is 125 cm³/mol. The van der Waals surface area contributed by atoms with Gasteiger partial charge in [0.15, 0.2) is 0 Å². The molecular weight excluding hydrogens is 431 g/mol. The highest BCUT2D eigenvalue weighted by atomic mass is 35.5. The number of imide groups is 1. The van der Waals surface area contributed by atoms with Gasteiger partial charge in [0.25, 0.3) is 5.91 Å². The molecule has 0 spiro atoms. The fourth-order valence-electron chi connectivity index (χ4n) is 3.85. The van der Waals surface area contributed by atoms with E-state index in [1.807, 2.05) is 36.4 Å². The maximum absolute atomic E-state index is 13.4. The minimum Gasteiger partial charge on any atom is -0.305 e. The number of halogens is 2. The van der Waals surface area contributed by atoms with Gasteiger partial charge in [-0.15, -0.1) is 0 Å². The Labute approximate surface area is 192 Å². The Morgan fingerprint density at radius 2 is 1.45 bits per heavy atom. The summed E-state index contributed by atoms with van der Waals surface area (Å²) in [5, 5.41) is 0.484. The molecule has 3 aromatic rings. The van der Waals surface area contributed by atoms with Gasteiger partial charge in [0, 0.05) is 6.54 Å². The molecule has 1 saturated heterocycles. The SMILES string of the molecule is CC1(C)C(=O)N(c2cccc(Cl)c2Cl)C(=O)N1Cc1ccccc1Cc1ccccc1. The molecule has 1 aliphatic rings. The molecule has 3 amide bonds. The van der Waals surface area contributed by atoms with Gasteiger partial charge >= 0.3 is 6.03 Å². The molecule has 0 aliphatic carbocycles. The average molecular weight is 453 g/mol. The molecule has 1 aliphatic heterocycles. The van der Waals surface area contributed by atoms with Crippen LogP contribution in [0.15, 0.2) is 72.8 Å². The highest BCUT2D eigenvalue weighted by Crippen LogP contribution is 2.39. The molecule has 0 unspecified atom stereocenters. The Bertz CT molecular complexity index is 1150. The Morgan fingerprint density at radius 1 is 0.806 bits per heavy atom. The number of benzene rings is 3. The zero-order chi connectivity index (χ0) is 22.2. The first kappa shape index (κ1) is 21.4. The van der Waals surface area contributed by atoms with Crippen molar-refractivity contribution in [3.63, 3.8) is 0 Å². The quantitative estimate of drug-likeness (QED) is 0.424. The summed E-state index contributed by atoms with van der Waals surface area (Å²) in [6.45, 7) is 3.83. The second-order valence-electron chi connectivity index (χ2n) is 8.07. The lowest BCUT2D eigenvalue weighted by Gasteiger charge is -2.28. The molecule has 0 atom stereocenters. The highest BCUT2D eigenvalue weighted by molar-refractivity contribution is 6.45. The van der Waals surface area contributed by atoms with Crippen molar-refractivity contribution in [2.45, 2.75) is 32.4 Å². The van der Waals surface area contributed by atoms with Crippen molar-refractivity contribution >= 4 is 40.8 Å². The van der Waals surface area contributed by atoms with Crippen LogP contribution in [-0.4, -0.2) is 22.4 Å². The summed E-state index contributed by atoms with van der Waals surface area (Å²) in [7, 11) is 0. The smallest absolute Gasteiger partial charge is 0.305 e. The molecule has 1 heterocycles. The number of amides is 3. The molecule has 0 bridgehead atoms. The van der Waals surface area contributed by atoms with Gasteiger partial charge < -0.3 is 4.90 Å². The Hall–Kier alpha value is -2.82. The van der Waals surface area contributed by atoms with Gasteiger partial charge in [-0.25, -0.2) is 9.69 Å². The van der Waals surface area contributed by atoms with Crippen LogP contribution in [0.5, 0.6) is 0 Å². The van der Waals surface area contributed by atoms with Crippen LogP contribution in [-0.2, 0) is 17.8 Å². The lowest BCUT2D eigenvalue weighted by Crippen LogP contribution is -2.43. The molecule has 158 valence electrons. The van der Waals surface area contributed by atoms with Crippen LogP contribution < -0.4 is 4.90 Å². The summed E-state index contributed by atoms with van der Waals surface area (Å²) in [5.74, 6) is -0.331. The van der Waals surface area contributed by atoms with Crippen molar-refractivity contribution < 1.29 is 9.59 Å². The molecule has 0 aromatic heterocycles. The van der Waals surface area contributed by atoms with Gasteiger partial charge in [-0.1, -0.05) is 83.9 Å². The zero-order valence-corrected chi connectivity index (χ0v) is 18.8. The van der Waals surface area contributed by atoms with Crippen molar-refractivity contribution in [1.82, 2.24) is 4.90 Å². The summed E-state index contributed by atoms with van der Waals surface area (Å²) < 4.78 is 0. The van der Waals surface area contributed by atoms with Gasteiger partial charge in [-0.05, 0) is 49.1 Å². The Morgan fingerprint density at radius 3 is 2.16 bits per heavy atom. The second-order valence-corrected chi connectivity index (χ2v) is 8.86. The molecule has 31 heavy (non-hydrogen) atoms. The fourth-order valence-corrected chi connectivity index (χ4v) is 4.23. The van der Waals surface area contributed by atoms with Crippen molar-refractivity contribution in [3.05, 3.63) is 99.5 Å². The van der Waals surface area contributed by atoms with Crippen molar-refractivity contribution in [2.75, 3.05) is 4.90 Å². The van der Waals surface area contributed by atoms with Crippen LogP contribution in [0.3, 0.4) is 0 Å². The van der Waals surface area contributed by atoms with Gasteiger partial charge in [-0.3, -0.25) is 4.79 Å². The van der Waals surface area contributed by atoms with Crippen molar-refractivity contribution in [3.8, 4) is 0 Å². The molecular formula is C25H22Cl2N2O2. The van der Waals surface area contributed by atoms with E-state index in [9.17, 15) is 9.59 Å². The van der Waals surface area contributed by atoms with Crippen molar-refractivity contribution in [1.29, 1.82) is 0 Å². The lowest BCUT2D eigenvalue weighted by atomic mass is 9.97. The zero-order valence-electron chi connectivity index (χ0n) is 17.3. The number of urea groups is 1. The summed E-state index contributed by atoms with van der Waals surface area (Å²) in [5.41, 5.74) is 2.58. The number of hydrogen-bond donors (Lipinski definition) is 0. The van der Waals surface area contributed by atoms with Crippen LogP contribution in [0.25, 0.3) is 0 Å². The van der Waals surface area contributed by atoms with E-state index in [0.717, 1.165) is 22.4 Å². The molecule has 0 N–H and O–H groups in total. The normalized spacial score (nSPS) is 15.6. The first-order valence-corrected chi connectivity index (χ1v) is 10.8. The van der Waals surface area contributed by atoms with E-state index in [1.54, 1.807) is 36.9 Å². The fraction of sp³-hybridized carbons (Fsp3) is 0.200. The maximum atomic E-state index is 13.4. The summed E-state index contributed by atoms with van der Waals surface area (Å²) in [4.78, 5) is 29.4. The third kappa shape index (κ3) is 3.93. The van der Waals surface area contributed by atoms with Gasteiger partial charge in [0.05, 0.1) is 15.7 Å². The van der Waals surface area contributed by atoms with E-state index in [4.69, 9.17) is 23.2 Å². The van der Waals surface area contributed by atoms with Crippen molar-refractivity contribution in [2.24, 2.45) is 0 Å². The third-order valence-electron chi connectivity index (χ3n) is 5.68. The van der Waals surface area contributed by atoms with Gasteiger partial charge in [0.1, 0.15) is 5.54 Å². The minimum atomic E-state index is -1.03. The molecule has 6 heteroatoms. The Kier molecular flexibility index (Phi) is 5.78. The number of carbonyl (C=O) groups is 2. The molecule has 0 saturated carbocycles. The highest BCUT2D eigenvalue weighted by Gasteiger charge is 2.52. The van der Waals surface area contributed by atoms with E-state index in [1.165, 1.54) is 5.56 Å². The molecule has 0 radical (unpaired) electrons. The van der Waals surface area contributed by atoms with E-state index in [-0.39, 0.29) is 10.9 Å². The van der Waals surface area contributed by atoms with Crippen LogP contribution in [0.2, 0.25) is 10.0 Å². The molecule has 4 rings (SSSR count). The van der Waals surface area contributed by atoms with Crippen LogP contribution in [0.1, 0.15) is 30.5 Å². The maximum Gasteiger partial charge on any atom is 0.332 e. The number of nitrogens with zero attached hydrogens (tertiary/aromatic N) is 2. The summed E-state index contributed by atoms with van der Waals surface area (Å²) in [6, 6.07) is 22.7. The molecule has 4 nitrogen and oxygen atoms in total. The second kappa shape index (κ2) is 8.37. The van der Waals surface area contributed by atoms with Crippen LogP contribution in [0, 0.1) is 0 Å². The monoisotopic (exact) mass is 452 g/mol. The van der Waals surface area contributed by atoms with E-state index < -0.39 is 11.6 Å². The first-order valence-electron chi connectivity index (χ1n) is 10.0. The molecule has 3 aromatic carbocycles. The summed E-state index contributed by atoms with van der Waals surface area (Å²) in [6.07, 6.45) is 0.747. The van der Waals surface area contributed by atoms with E-state index in [0.29, 0.717) is 17.3 Å². The number of anilines is 1. The topological polar surface area (TPSA) is 40.6 Å². The molecule has 1 fully saturated rings. The summed E-state index contributed by atoms with van der Waals surface area (Å²) >= 11 is 12.5. The number of hydrogen-bond acceptors (Lipinski definition) is 2. The van der Waals surface area contributed by atoms with E-state index in [2.05, 4.69) is 18.2 Å². The van der Waals surface area contributed by atoms with Crippen LogP contribution in [0.4, 0.5) is 10.5 Å². The average Bonchev–Trinajstić information content (AvgIpc) is 2.92. The third-order valence-corrected chi connectivity index (χ3v) is 6.49. The number of rotatable bonds is 5. The lowest BCUT2D eigenvalue weighted by molar-refractivity contribution is -0.123. The van der Waals surface area contributed by atoms with Gasteiger partial charge in [0.2, 0.25) is 0 Å². The Balaban J connectivity index is 1.67. The van der Waals surface area contributed by atoms with Crippen LogP contribution >= 0.6 is 23.2 Å². The first-order chi connectivity index (χ1) is 14.8. The number of carbonyl (C=O) groups excluding carboxylic acids is 2. The van der Waals surface area contributed by atoms with E-state index >= 15 is 0 Å². The predicted octanol–water partition coefficient (Wildman–Crippen LogP) is 6.33. The minimum absolute atomic E-state index is 0.188. The standard InChI is InChI=1S/C25H22Cl2N2O2/c1-25(2)23(30)29(21-14-8-13-20(26)22(21)27)24(31)28(25)16-19-12-7-6-11-18(19)15-17-9-4-3-5-10-17/h3-14H,15-16H2,1-2H3. The van der Waals surface area contributed by atoms with Gasteiger partial charge in [-0.2, -0.15) is 0 Å². The largest absolute Gasteiger partial charge is 0.332 e.